The highest BCUT2D eigenvalue weighted by atomic mass is 16.3. The Morgan fingerprint density at radius 1 is 1.21 bits per heavy atom. The van der Waals surface area contributed by atoms with Gasteiger partial charge in [0, 0.05) is 5.92 Å². The van der Waals surface area contributed by atoms with Crippen LogP contribution in [0.2, 0.25) is 0 Å². The topological polar surface area (TPSA) is 20.2 Å². The second-order valence-electron chi connectivity index (χ2n) is 3.97. The number of hydrogen-bond donors (Lipinski definition) is 1. The summed E-state index contributed by atoms with van der Waals surface area (Å²) < 4.78 is 0. The molecule has 1 aromatic rings. The Morgan fingerprint density at radius 2 is 1.86 bits per heavy atom. The van der Waals surface area contributed by atoms with Gasteiger partial charge in [-0.2, -0.15) is 0 Å². The van der Waals surface area contributed by atoms with E-state index >= 15 is 0 Å². The van der Waals surface area contributed by atoms with Gasteiger partial charge in [0.15, 0.2) is 0 Å². The highest BCUT2D eigenvalue weighted by Crippen LogP contribution is 2.27. The molecule has 1 nitrogen and oxygen atoms in total. The molecule has 0 aromatic heterocycles. The van der Waals surface area contributed by atoms with Crippen molar-refractivity contribution in [2.75, 3.05) is 6.61 Å². The lowest BCUT2D eigenvalue weighted by atomic mass is 9.85. The zero-order valence-corrected chi connectivity index (χ0v) is 9.11. The summed E-state index contributed by atoms with van der Waals surface area (Å²) in [5, 5.41) is 9.38. The lowest BCUT2D eigenvalue weighted by molar-refractivity contribution is 0.226. The highest BCUT2D eigenvalue weighted by molar-refractivity contribution is 5.20. The van der Waals surface area contributed by atoms with Gasteiger partial charge in [-0.05, 0) is 11.5 Å². The minimum Gasteiger partial charge on any atom is -0.396 e. The molecule has 14 heavy (non-hydrogen) atoms. The van der Waals surface area contributed by atoms with Crippen LogP contribution in [0.1, 0.15) is 38.2 Å². The summed E-state index contributed by atoms with van der Waals surface area (Å²) in [4.78, 5) is 0. The van der Waals surface area contributed by atoms with Crippen LogP contribution in [0.3, 0.4) is 0 Å². The van der Waals surface area contributed by atoms with Crippen LogP contribution in [-0.2, 0) is 0 Å². The molecule has 1 rings (SSSR count). The van der Waals surface area contributed by atoms with Crippen LogP contribution >= 0.6 is 0 Å². The molecule has 2 unspecified atom stereocenters. The first-order chi connectivity index (χ1) is 6.79. The van der Waals surface area contributed by atoms with Gasteiger partial charge in [-0.25, -0.2) is 0 Å². The molecule has 78 valence electrons. The summed E-state index contributed by atoms with van der Waals surface area (Å²) in [5.41, 5.74) is 1.26. The lowest BCUT2D eigenvalue weighted by Gasteiger charge is -2.21. The van der Waals surface area contributed by atoms with Gasteiger partial charge in [-0.15, -0.1) is 0 Å². The summed E-state index contributed by atoms with van der Waals surface area (Å²) in [7, 11) is 0. The largest absolute Gasteiger partial charge is 0.396 e. The Kier molecular flexibility index (Phi) is 4.68. The molecule has 1 heteroatoms. The predicted octanol–water partition coefficient (Wildman–Crippen LogP) is 3.20. The van der Waals surface area contributed by atoms with E-state index in [0.717, 1.165) is 0 Å². The van der Waals surface area contributed by atoms with Crippen molar-refractivity contribution in [2.24, 2.45) is 5.92 Å². The van der Waals surface area contributed by atoms with Crippen molar-refractivity contribution in [3.05, 3.63) is 35.9 Å². The maximum atomic E-state index is 9.38. The average molecular weight is 192 g/mol. The molecular weight excluding hydrogens is 172 g/mol. The van der Waals surface area contributed by atoms with Crippen molar-refractivity contribution in [3.63, 3.8) is 0 Å². The molecule has 2 atom stereocenters. The number of hydrogen-bond acceptors (Lipinski definition) is 1. The van der Waals surface area contributed by atoms with Gasteiger partial charge in [-0.3, -0.25) is 0 Å². The van der Waals surface area contributed by atoms with E-state index in [4.69, 9.17) is 0 Å². The Morgan fingerprint density at radius 3 is 2.36 bits per heavy atom. The van der Waals surface area contributed by atoms with Crippen LogP contribution in [0, 0.1) is 5.92 Å². The van der Waals surface area contributed by atoms with Gasteiger partial charge < -0.3 is 5.11 Å². The van der Waals surface area contributed by atoms with Crippen LogP contribution in [-0.4, -0.2) is 11.7 Å². The zero-order valence-electron chi connectivity index (χ0n) is 9.11. The normalized spacial score (nSPS) is 15.1. The molecule has 0 aliphatic carbocycles. The minimum atomic E-state index is 0.255. The average Bonchev–Trinajstić information content (AvgIpc) is 2.21. The third-order valence-corrected chi connectivity index (χ3v) is 2.86. The Labute approximate surface area is 86.8 Å². The van der Waals surface area contributed by atoms with E-state index in [9.17, 15) is 5.11 Å². The Bertz CT molecular complexity index is 243. The molecule has 1 N–H and O–H groups in total. The molecule has 1 aromatic carbocycles. The SMILES string of the molecule is CCCC(C)C(CO)c1ccccc1. The third kappa shape index (κ3) is 2.85. The van der Waals surface area contributed by atoms with Crippen LogP contribution < -0.4 is 0 Å². The molecule has 0 bridgehead atoms. The van der Waals surface area contributed by atoms with Crippen molar-refractivity contribution in [1.82, 2.24) is 0 Å². The van der Waals surface area contributed by atoms with Crippen molar-refractivity contribution < 1.29 is 5.11 Å². The van der Waals surface area contributed by atoms with E-state index in [1.54, 1.807) is 0 Å². The molecule has 0 saturated carbocycles. The summed E-state index contributed by atoms with van der Waals surface area (Å²) in [5.74, 6) is 0.864. The summed E-state index contributed by atoms with van der Waals surface area (Å²) in [6.45, 7) is 4.67. The monoisotopic (exact) mass is 192 g/mol. The second kappa shape index (κ2) is 5.82. The molecule has 0 aliphatic heterocycles. The summed E-state index contributed by atoms with van der Waals surface area (Å²) in [6, 6.07) is 10.3. The second-order valence-corrected chi connectivity index (χ2v) is 3.97. The van der Waals surface area contributed by atoms with Gasteiger partial charge in [0.1, 0.15) is 0 Å². The van der Waals surface area contributed by atoms with Crippen LogP contribution in [0.15, 0.2) is 30.3 Å². The Hall–Kier alpha value is -0.820. The molecule has 0 heterocycles. The molecular formula is C13H20O. The number of aliphatic hydroxyl groups excluding tert-OH is 1. The lowest BCUT2D eigenvalue weighted by Crippen LogP contribution is -2.13. The van der Waals surface area contributed by atoms with Crippen molar-refractivity contribution in [1.29, 1.82) is 0 Å². The van der Waals surface area contributed by atoms with E-state index in [0.29, 0.717) is 11.8 Å². The van der Waals surface area contributed by atoms with Crippen LogP contribution in [0.5, 0.6) is 0 Å². The Balaban J connectivity index is 2.71. The molecule has 0 spiro atoms. The van der Waals surface area contributed by atoms with Crippen molar-refractivity contribution in [3.8, 4) is 0 Å². The fourth-order valence-electron chi connectivity index (χ4n) is 1.97. The quantitative estimate of drug-likeness (QED) is 0.759. The van der Waals surface area contributed by atoms with Gasteiger partial charge in [0.2, 0.25) is 0 Å². The predicted molar refractivity (Wildman–Crippen MR) is 60.3 cm³/mol. The van der Waals surface area contributed by atoms with Gasteiger partial charge in [-0.1, -0.05) is 57.0 Å². The van der Waals surface area contributed by atoms with E-state index in [1.165, 1.54) is 18.4 Å². The van der Waals surface area contributed by atoms with Crippen LogP contribution in [0.4, 0.5) is 0 Å². The maximum absolute atomic E-state index is 9.38. The standard InChI is InChI=1S/C13H20O/c1-3-7-11(2)13(10-14)12-8-5-4-6-9-12/h4-6,8-9,11,13-14H,3,7,10H2,1-2H3. The fourth-order valence-corrected chi connectivity index (χ4v) is 1.97. The zero-order chi connectivity index (χ0) is 10.4. The fraction of sp³-hybridized carbons (Fsp3) is 0.538. The van der Waals surface area contributed by atoms with Gasteiger partial charge >= 0.3 is 0 Å². The van der Waals surface area contributed by atoms with E-state index < -0.39 is 0 Å². The van der Waals surface area contributed by atoms with Crippen molar-refractivity contribution in [2.45, 2.75) is 32.6 Å². The smallest absolute Gasteiger partial charge is 0.0502 e. The van der Waals surface area contributed by atoms with E-state index in [-0.39, 0.29) is 6.61 Å². The number of rotatable bonds is 5. The minimum absolute atomic E-state index is 0.255. The molecule has 0 aliphatic rings. The number of aliphatic hydroxyl groups is 1. The van der Waals surface area contributed by atoms with Crippen molar-refractivity contribution >= 4 is 0 Å². The van der Waals surface area contributed by atoms with E-state index in [2.05, 4.69) is 26.0 Å². The first-order valence-corrected chi connectivity index (χ1v) is 5.45. The maximum Gasteiger partial charge on any atom is 0.0502 e. The van der Waals surface area contributed by atoms with E-state index in [1.807, 2.05) is 18.2 Å². The first kappa shape index (κ1) is 11.3. The molecule has 0 radical (unpaired) electrons. The highest BCUT2D eigenvalue weighted by Gasteiger charge is 2.16. The van der Waals surface area contributed by atoms with Gasteiger partial charge in [0.25, 0.3) is 0 Å². The van der Waals surface area contributed by atoms with Gasteiger partial charge in [0.05, 0.1) is 6.61 Å². The van der Waals surface area contributed by atoms with Crippen LogP contribution in [0.25, 0.3) is 0 Å². The summed E-state index contributed by atoms with van der Waals surface area (Å²) in [6.07, 6.45) is 2.37. The molecule has 0 amide bonds. The molecule has 0 fully saturated rings. The third-order valence-electron chi connectivity index (χ3n) is 2.86. The first-order valence-electron chi connectivity index (χ1n) is 5.45. The number of benzene rings is 1. The summed E-state index contributed by atoms with van der Waals surface area (Å²) >= 11 is 0. The molecule has 0 saturated heterocycles.